The number of hydrogen-bond donors (Lipinski definition) is 1. The normalized spacial score (nSPS) is 23.6. The van der Waals surface area contributed by atoms with Gasteiger partial charge in [-0.3, -0.25) is 4.79 Å². The number of carbonyl (C=O) groups is 1. The highest BCUT2D eigenvalue weighted by atomic mass is 32.2. The van der Waals surface area contributed by atoms with E-state index in [9.17, 15) is 13.2 Å². The van der Waals surface area contributed by atoms with Crippen LogP contribution in [0.25, 0.3) is 11.0 Å². The zero-order valence-electron chi connectivity index (χ0n) is 16.0. The van der Waals surface area contributed by atoms with Crippen LogP contribution in [-0.4, -0.2) is 59.5 Å². The summed E-state index contributed by atoms with van der Waals surface area (Å²) in [4.78, 5) is 18.5. The fraction of sp³-hybridized carbons (Fsp3) is 0.611. The summed E-state index contributed by atoms with van der Waals surface area (Å²) < 4.78 is 27.8. The lowest BCUT2D eigenvalue weighted by Crippen LogP contribution is -2.42. The van der Waals surface area contributed by atoms with Gasteiger partial charge < -0.3 is 10.2 Å². The minimum absolute atomic E-state index is 0.177. The molecule has 1 aromatic heterocycles. The number of fused-ring (bicyclic) bond motifs is 1. The first-order chi connectivity index (χ1) is 13.3. The number of nitrogens with one attached hydrogen (secondary N) is 1. The van der Waals surface area contributed by atoms with Crippen LogP contribution in [-0.2, 0) is 14.8 Å². The summed E-state index contributed by atoms with van der Waals surface area (Å²) in [7, 11) is -3.62. The van der Waals surface area contributed by atoms with Crippen molar-refractivity contribution in [3.8, 4) is 0 Å². The van der Waals surface area contributed by atoms with Crippen molar-refractivity contribution in [3.05, 3.63) is 18.2 Å². The quantitative estimate of drug-likeness (QED) is 0.759. The van der Waals surface area contributed by atoms with Crippen LogP contribution in [0, 0.1) is 11.8 Å². The van der Waals surface area contributed by atoms with Crippen molar-refractivity contribution in [3.63, 3.8) is 0 Å². The maximum Gasteiger partial charge on any atom is 0.260 e. The second kappa shape index (κ2) is 7.32. The summed E-state index contributed by atoms with van der Waals surface area (Å²) in [5.74, 6) is 0.414. The third kappa shape index (κ3) is 3.97. The maximum atomic E-state index is 13.1. The summed E-state index contributed by atoms with van der Waals surface area (Å²) in [5.41, 5.74) is 0.917. The summed E-state index contributed by atoms with van der Waals surface area (Å²) in [6, 6.07) is 4.90. The Bertz CT molecular complexity index is 975. The molecular weight excluding hydrogens is 382 g/mol. The van der Waals surface area contributed by atoms with Crippen LogP contribution >= 0.6 is 0 Å². The molecule has 2 aliphatic rings. The lowest BCUT2D eigenvalue weighted by atomic mass is 9.94. The molecule has 10 heteroatoms. The molecule has 1 amide bonds. The Hall–Kier alpha value is -2.20. The number of nitrogens with zero attached hydrogens (tertiary/aromatic N) is 4. The minimum Gasteiger partial charge on any atom is -0.385 e. The number of carbonyl (C=O) groups excluding carboxylic acids is 1. The molecule has 0 radical (unpaired) electrons. The van der Waals surface area contributed by atoms with E-state index in [-0.39, 0.29) is 23.5 Å². The molecule has 0 bridgehead atoms. The minimum atomic E-state index is -3.62. The van der Waals surface area contributed by atoms with Gasteiger partial charge in [0.15, 0.2) is 6.61 Å². The van der Waals surface area contributed by atoms with E-state index in [0.29, 0.717) is 36.0 Å². The average molecular weight is 407 g/mol. The number of rotatable bonds is 6. The molecule has 2 heterocycles. The molecule has 1 aromatic carbocycles. The van der Waals surface area contributed by atoms with Crippen molar-refractivity contribution in [2.24, 2.45) is 11.8 Å². The summed E-state index contributed by atoms with van der Waals surface area (Å²) >= 11 is 0. The first kappa shape index (κ1) is 19.1. The molecule has 0 unspecified atom stereocenters. The van der Waals surface area contributed by atoms with Crippen molar-refractivity contribution >= 4 is 27.0 Å². The molecule has 1 saturated carbocycles. The van der Waals surface area contributed by atoms with Crippen LogP contribution in [0.15, 0.2) is 23.1 Å². The Morgan fingerprint density at radius 3 is 2.64 bits per heavy atom. The van der Waals surface area contributed by atoms with Gasteiger partial charge >= 0.3 is 0 Å². The van der Waals surface area contributed by atoms with Crippen molar-refractivity contribution in [2.75, 3.05) is 19.7 Å². The molecule has 1 aliphatic carbocycles. The van der Waals surface area contributed by atoms with Crippen LogP contribution in [0.2, 0.25) is 0 Å². The first-order valence-corrected chi connectivity index (χ1v) is 11.0. The van der Waals surface area contributed by atoms with Gasteiger partial charge in [-0.05, 0) is 54.5 Å². The number of amides is 1. The monoisotopic (exact) mass is 407 g/mol. The molecule has 152 valence electrons. The molecule has 2 aromatic rings. The summed E-state index contributed by atoms with van der Waals surface area (Å²) in [6.45, 7) is 4.97. The lowest BCUT2D eigenvalue weighted by Gasteiger charge is -2.34. The molecule has 2 fully saturated rings. The highest BCUT2D eigenvalue weighted by Crippen LogP contribution is 2.27. The fourth-order valence-corrected chi connectivity index (χ4v) is 5.40. The number of sulfonamides is 1. The van der Waals surface area contributed by atoms with Crippen molar-refractivity contribution in [1.82, 2.24) is 24.8 Å². The molecule has 4 rings (SSSR count). The van der Waals surface area contributed by atoms with Gasteiger partial charge in [0.05, 0.1) is 4.90 Å². The highest BCUT2D eigenvalue weighted by molar-refractivity contribution is 7.89. The van der Waals surface area contributed by atoms with Gasteiger partial charge in [0.1, 0.15) is 11.0 Å². The largest absolute Gasteiger partial charge is 0.385 e. The van der Waals surface area contributed by atoms with Gasteiger partial charge in [0.25, 0.3) is 5.91 Å². The second-order valence-electron chi connectivity index (χ2n) is 8.00. The van der Waals surface area contributed by atoms with E-state index in [4.69, 9.17) is 4.84 Å². The summed E-state index contributed by atoms with van der Waals surface area (Å²) in [6.07, 6.45) is 3.01. The summed E-state index contributed by atoms with van der Waals surface area (Å²) in [5, 5.41) is 10.7. The Kier molecular flexibility index (Phi) is 5.00. The van der Waals surface area contributed by atoms with Crippen LogP contribution in [0.5, 0.6) is 0 Å². The predicted molar refractivity (Wildman–Crippen MR) is 102 cm³/mol. The van der Waals surface area contributed by atoms with Crippen molar-refractivity contribution in [2.45, 2.75) is 44.0 Å². The standard InChI is InChI=1S/C18H25N5O4S/c1-12-7-13(2)10-22(9-12)28(25,26)15-5-6-16-17(8-15)23(21-20-16)27-11-18(24)19-14-3-4-14/h5-6,8,12-14H,3-4,7,9-11H2,1-2H3,(H,19,24)/t12-,13-/m0/s1. The topological polar surface area (TPSA) is 106 Å². The highest BCUT2D eigenvalue weighted by Gasteiger charge is 2.32. The fourth-order valence-electron chi connectivity index (χ4n) is 3.70. The van der Waals surface area contributed by atoms with E-state index >= 15 is 0 Å². The van der Waals surface area contributed by atoms with Crippen molar-refractivity contribution in [1.29, 1.82) is 0 Å². The van der Waals surface area contributed by atoms with E-state index < -0.39 is 10.0 Å². The van der Waals surface area contributed by atoms with E-state index in [1.54, 1.807) is 16.4 Å². The lowest BCUT2D eigenvalue weighted by molar-refractivity contribution is -0.126. The van der Waals surface area contributed by atoms with Crippen LogP contribution in [0.4, 0.5) is 0 Å². The molecule has 28 heavy (non-hydrogen) atoms. The molecule has 9 nitrogen and oxygen atoms in total. The van der Waals surface area contributed by atoms with Crippen LogP contribution in [0.1, 0.15) is 33.1 Å². The van der Waals surface area contributed by atoms with Gasteiger partial charge in [0, 0.05) is 19.1 Å². The van der Waals surface area contributed by atoms with Gasteiger partial charge in [-0.15, -0.1) is 5.10 Å². The molecule has 1 aliphatic heterocycles. The average Bonchev–Trinajstić information content (AvgIpc) is 3.36. The first-order valence-electron chi connectivity index (χ1n) is 9.61. The van der Waals surface area contributed by atoms with E-state index in [0.717, 1.165) is 24.1 Å². The molecule has 0 spiro atoms. The smallest absolute Gasteiger partial charge is 0.260 e. The third-order valence-corrected chi connectivity index (χ3v) is 6.95. The van der Waals surface area contributed by atoms with Gasteiger partial charge in [-0.1, -0.05) is 18.7 Å². The Labute approximate surface area is 164 Å². The molecule has 2 atom stereocenters. The number of piperidine rings is 1. The van der Waals surface area contributed by atoms with Crippen LogP contribution < -0.4 is 10.2 Å². The van der Waals surface area contributed by atoms with Gasteiger partial charge in [-0.2, -0.15) is 4.31 Å². The SMILES string of the molecule is C[C@H]1C[C@H](C)CN(S(=O)(=O)c2ccc3nnn(OCC(=O)NC4CC4)c3c2)C1. The maximum absolute atomic E-state index is 13.1. The molecule has 1 saturated heterocycles. The predicted octanol–water partition coefficient (Wildman–Crippen LogP) is 0.805. The Balaban J connectivity index is 1.55. The van der Waals surface area contributed by atoms with Crippen LogP contribution in [0.3, 0.4) is 0 Å². The second-order valence-corrected chi connectivity index (χ2v) is 9.93. The number of aromatic nitrogens is 3. The number of hydrogen-bond acceptors (Lipinski definition) is 6. The molecular formula is C18H25N5O4S. The zero-order valence-corrected chi connectivity index (χ0v) is 16.9. The van der Waals surface area contributed by atoms with Gasteiger partial charge in [-0.25, -0.2) is 8.42 Å². The number of benzene rings is 1. The van der Waals surface area contributed by atoms with E-state index in [1.165, 1.54) is 6.07 Å². The zero-order chi connectivity index (χ0) is 19.9. The molecule has 1 N–H and O–H groups in total. The third-order valence-electron chi connectivity index (χ3n) is 5.12. The Morgan fingerprint density at radius 2 is 1.96 bits per heavy atom. The van der Waals surface area contributed by atoms with E-state index in [1.807, 2.05) is 0 Å². The van der Waals surface area contributed by atoms with Gasteiger partial charge in [0.2, 0.25) is 10.0 Å². The van der Waals surface area contributed by atoms with E-state index in [2.05, 4.69) is 29.5 Å². The Morgan fingerprint density at radius 1 is 1.25 bits per heavy atom. The van der Waals surface area contributed by atoms with Crippen molar-refractivity contribution < 1.29 is 18.0 Å².